The van der Waals surface area contributed by atoms with E-state index in [0.29, 0.717) is 30.9 Å². The van der Waals surface area contributed by atoms with E-state index in [1.165, 1.54) is 25.7 Å². The van der Waals surface area contributed by atoms with Crippen molar-refractivity contribution in [1.82, 2.24) is 10.6 Å². The standard InChI is InChI=1S/C23H37FN4O2.HI/c1-3-29-13-10-23(8-4-5-9-23)18-27-22(25-2)26-17-19-6-7-21(20(24)16-19)28-11-14-30-15-12-28;/h6-7,16H,3-5,8-15,17-18H2,1-2H3,(H2,25,26,27);1H. The van der Waals surface area contributed by atoms with Gasteiger partial charge in [-0.05, 0) is 49.3 Å². The lowest BCUT2D eigenvalue weighted by molar-refractivity contribution is 0.105. The van der Waals surface area contributed by atoms with E-state index in [1.54, 1.807) is 13.1 Å². The van der Waals surface area contributed by atoms with Crippen molar-refractivity contribution in [2.24, 2.45) is 10.4 Å². The van der Waals surface area contributed by atoms with Crippen LogP contribution in [0.1, 0.15) is 44.6 Å². The number of anilines is 1. The summed E-state index contributed by atoms with van der Waals surface area (Å²) in [5, 5.41) is 6.82. The highest BCUT2D eigenvalue weighted by Gasteiger charge is 2.33. The van der Waals surface area contributed by atoms with Gasteiger partial charge in [0.05, 0.1) is 18.9 Å². The van der Waals surface area contributed by atoms with Gasteiger partial charge in [0, 0.05) is 46.4 Å². The predicted octanol–water partition coefficient (Wildman–Crippen LogP) is 3.93. The maximum Gasteiger partial charge on any atom is 0.191 e. The fourth-order valence-corrected chi connectivity index (χ4v) is 4.47. The molecule has 0 bridgehead atoms. The summed E-state index contributed by atoms with van der Waals surface area (Å²) in [4.78, 5) is 6.39. The Morgan fingerprint density at radius 1 is 1.23 bits per heavy atom. The number of morpholine rings is 1. The molecule has 1 aliphatic heterocycles. The molecule has 176 valence electrons. The van der Waals surface area contributed by atoms with Crippen molar-refractivity contribution in [3.8, 4) is 0 Å². The van der Waals surface area contributed by atoms with Gasteiger partial charge in [-0.25, -0.2) is 4.39 Å². The van der Waals surface area contributed by atoms with Crippen molar-refractivity contribution in [2.75, 3.05) is 58.0 Å². The number of ether oxygens (including phenoxy) is 2. The molecule has 31 heavy (non-hydrogen) atoms. The molecular formula is C23H38FIN4O2. The first-order chi connectivity index (χ1) is 14.7. The Morgan fingerprint density at radius 2 is 1.97 bits per heavy atom. The molecule has 1 saturated carbocycles. The first-order valence-electron chi connectivity index (χ1n) is 11.3. The van der Waals surface area contributed by atoms with Crippen LogP contribution in [-0.4, -0.2) is 59.1 Å². The largest absolute Gasteiger partial charge is 0.382 e. The van der Waals surface area contributed by atoms with Gasteiger partial charge in [-0.15, -0.1) is 24.0 Å². The van der Waals surface area contributed by atoms with Crippen molar-refractivity contribution >= 4 is 35.6 Å². The maximum absolute atomic E-state index is 14.6. The number of hydrogen-bond acceptors (Lipinski definition) is 4. The van der Waals surface area contributed by atoms with Crippen LogP contribution in [0.2, 0.25) is 0 Å². The van der Waals surface area contributed by atoms with Crippen molar-refractivity contribution in [2.45, 2.75) is 45.6 Å². The Morgan fingerprint density at radius 3 is 2.61 bits per heavy atom. The topological polar surface area (TPSA) is 58.1 Å². The number of benzene rings is 1. The van der Waals surface area contributed by atoms with Gasteiger partial charge in [-0.2, -0.15) is 0 Å². The second kappa shape index (κ2) is 13.4. The van der Waals surface area contributed by atoms with Gasteiger partial charge in [0.1, 0.15) is 5.82 Å². The number of nitrogens with one attached hydrogen (secondary N) is 2. The lowest BCUT2D eigenvalue weighted by atomic mass is 9.83. The molecular weight excluding hydrogens is 510 g/mol. The molecule has 6 nitrogen and oxygen atoms in total. The Labute approximate surface area is 203 Å². The molecule has 1 aromatic carbocycles. The molecule has 0 unspecified atom stereocenters. The van der Waals surface area contributed by atoms with Crippen LogP contribution in [0, 0.1) is 11.2 Å². The maximum atomic E-state index is 14.6. The van der Waals surface area contributed by atoms with Crippen LogP contribution in [0.4, 0.5) is 10.1 Å². The van der Waals surface area contributed by atoms with Crippen molar-refractivity contribution in [3.05, 3.63) is 29.6 Å². The van der Waals surface area contributed by atoms with Gasteiger partial charge >= 0.3 is 0 Å². The fraction of sp³-hybridized carbons (Fsp3) is 0.696. The molecule has 3 rings (SSSR count). The molecule has 1 heterocycles. The van der Waals surface area contributed by atoms with Crippen LogP contribution in [0.25, 0.3) is 0 Å². The fourth-order valence-electron chi connectivity index (χ4n) is 4.47. The predicted molar refractivity (Wildman–Crippen MR) is 135 cm³/mol. The number of hydrogen-bond donors (Lipinski definition) is 2. The van der Waals surface area contributed by atoms with E-state index in [0.717, 1.165) is 50.8 Å². The minimum Gasteiger partial charge on any atom is -0.382 e. The van der Waals surface area contributed by atoms with Gasteiger partial charge < -0.3 is 25.0 Å². The van der Waals surface area contributed by atoms with E-state index >= 15 is 0 Å². The molecule has 0 atom stereocenters. The lowest BCUT2D eigenvalue weighted by Crippen LogP contribution is -2.43. The van der Waals surface area contributed by atoms with Crippen LogP contribution in [0.3, 0.4) is 0 Å². The second-order valence-electron chi connectivity index (χ2n) is 8.32. The van der Waals surface area contributed by atoms with Crippen molar-refractivity contribution in [1.29, 1.82) is 0 Å². The second-order valence-corrected chi connectivity index (χ2v) is 8.32. The molecule has 0 aromatic heterocycles. The van der Waals surface area contributed by atoms with Crippen molar-refractivity contribution in [3.63, 3.8) is 0 Å². The summed E-state index contributed by atoms with van der Waals surface area (Å²) in [6.07, 6.45) is 6.12. The minimum atomic E-state index is -0.181. The van der Waals surface area contributed by atoms with E-state index in [4.69, 9.17) is 9.47 Å². The third-order valence-electron chi connectivity index (χ3n) is 6.32. The highest BCUT2D eigenvalue weighted by molar-refractivity contribution is 14.0. The van der Waals surface area contributed by atoms with E-state index < -0.39 is 0 Å². The molecule has 1 aliphatic carbocycles. The minimum absolute atomic E-state index is 0. The number of aliphatic imine (C=N–C) groups is 1. The van der Waals surface area contributed by atoms with Gasteiger partial charge in [0.2, 0.25) is 0 Å². The third-order valence-corrected chi connectivity index (χ3v) is 6.32. The molecule has 0 radical (unpaired) electrons. The molecule has 1 aromatic rings. The average Bonchev–Trinajstić information content (AvgIpc) is 3.24. The number of guanidine groups is 1. The van der Waals surface area contributed by atoms with Gasteiger partial charge in [0.15, 0.2) is 5.96 Å². The molecule has 8 heteroatoms. The number of halogens is 2. The summed E-state index contributed by atoms with van der Waals surface area (Å²) < 4.78 is 25.6. The first-order valence-corrected chi connectivity index (χ1v) is 11.3. The summed E-state index contributed by atoms with van der Waals surface area (Å²) in [6.45, 7) is 7.82. The Bertz CT molecular complexity index is 692. The summed E-state index contributed by atoms with van der Waals surface area (Å²) in [5.41, 5.74) is 1.85. The zero-order chi connectivity index (χ0) is 21.2. The highest BCUT2D eigenvalue weighted by Crippen LogP contribution is 2.40. The summed E-state index contributed by atoms with van der Waals surface area (Å²) in [6, 6.07) is 5.47. The zero-order valence-electron chi connectivity index (χ0n) is 18.9. The Hall–Kier alpha value is -1.13. The molecule has 2 aliphatic rings. The zero-order valence-corrected chi connectivity index (χ0v) is 21.3. The van der Waals surface area contributed by atoms with E-state index in [9.17, 15) is 4.39 Å². The monoisotopic (exact) mass is 548 g/mol. The molecule has 0 spiro atoms. The summed E-state index contributed by atoms with van der Waals surface area (Å²) >= 11 is 0. The number of rotatable bonds is 9. The third kappa shape index (κ3) is 7.75. The van der Waals surface area contributed by atoms with E-state index in [1.807, 2.05) is 24.0 Å². The number of nitrogens with zero attached hydrogens (tertiary/aromatic N) is 2. The first kappa shape index (κ1) is 26.1. The van der Waals surface area contributed by atoms with Crippen LogP contribution < -0.4 is 15.5 Å². The van der Waals surface area contributed by atoms with E-state index in [2.05, 4.69) is 15.6 Å². The van der Waals surface area contributed by atoms with Crippen molar-refractivity contribution < 1.29 is 13.9 Å². The summed E-state index contributed by atoms with van der Waals surface area (Å²) in [7, 11) is 1.78. The van der Waals surface area contributed by atoms with Gasteiger partial charge in [0.25, 0.3) is 0 Å². The molecule has 2 fully saturated rings. The molecule has 1 saturated heterocycles. The average molecular weight is 548 g/mol. The smallest absolute Gasteiger partial charge is 0.191 e. The summed E-state index contributed by atoms with van der Waals surface area (Å²) in [5.74, 6) is 0.579. The highest BCUT2D eigenvalue weighted by atomic mass is 127. The SMILES string of the molecule is CCOCCC1(CNC(=NC)NCc2ccc(N3CCOCC3)c(F)c2)CCCC1.I. The normalized spacial score (nSPS) is 18.5. The quantitative estimate of drug-likeness (QED) is 0.212. The molecule has 0 amide bonds. The van der Waals surface area contributed by atoms with Gasteiger partial charge in [-0.3, -0.25) is 4.99 Å². The van der Waals surface area contributed by atoms with Crippen LogP contribution >= 0.6 is 24.0 Å². The van der Waals surface area contributed by atoms with E-state index in [-0.39, 0.29) is 29.8 Å². The molecule has 2 N–H and O–H groups in total. The Balaban J connectivity index is 0.00000341. The Kier molecular flexibility index (Phi) is 11.3. The van der Waals surface area contributed by atoms with Gasteiger partial charge in [-0.1, -0.05) is 18.9 Å². The van der Waals surface area contributed by atoms with Crippen LogP contribution in [-0.2, 0) is 16.0 Å². The van der Waals surface area contributed by atoms with Crippen LogP contribution in [0.5, 0.6) is 0 Å². The lowest BCUT2D eigenvalue weighted by Gasteiger charge is -2.30. The van der Waals surface area contributed by atoms with Crippen LogP contribution in [0.15, 0.2) is 23.2 Å².